The van der Waals surface area contributed by atoms with E-state index in [2.05, 4.69) is 5.32 Å². The molecular weight excluding hydrogens is 435 g/mol. The Labute approximate surface area is 197 Å². The van der Waals surface area contributed by atoms with Crippen LogP contribution in [-0.4, -0.2) is 36.3 Å². The largest absolute Gasteiger partial charge is 0.465 e. The molecule has 0 fully saturated rings. The first-order chi connectivity index (χ1) is 16.5. The van der Waals surface area contributed by atoms with Gasteiger partial charge < -0.3 is 19.4 Å². The number of fused-ring (bicyclic) bond motifs is 2. The summed E-state index contributed by atoms with van der Waals surface area (Å²) < 4.78 is 26.5. The first kappa shape index (κ1) is 23.4. The molecule has 0 amide bonds. The number of halogens is 1. The number of benzene rings is 3. The van der Waals surface area contributed by atoms with E-state index < -0.39 is 17.8 Å². The molecule has 0 saturated heterocycles. The van der Waals surface area contributed by atoms with E-state index in [4.69, 9.17) is 9.47 Å². The van der Waals surface area contributed by atoms with E-state index in [1.165, 1.54) is 12.1 Å². The van der Waals surface area contributed by atoms with Crippen LogP contribution < -0.4 is 5.32 Å². The van der Waals surface area contributed by atoms with Gasteiger partial charge in [-0.05, 0) is 48.4 Å². The molecule has 4 rings (SSSR count). The van der Waals surface area contributed by atoms with Gasteiger partial charge in [0, 0.05) is 29.6 Å². The van der Waals surface area contributed by atoms with Crippen molar-refractivity contribution >= 4 is 33.6 Å². The van der Waals surface area contributed by atoms with E-state index in [-0.39, 0.29) is 26.3 Å². The van der Waals surface area contributed by atoms with Gasteiger partial charge in [0.25, 0.3) is 0 Å². The molecule has 0 spiro atoms. The number of ether oxygens (including phenoxy) is 2. The van der Waals surface area contributed by atoms with Crippen molar-refractivity contribution in [3.63, 3.8) is 0 Å². The zero-order chi connectivity index (χ0) is 24.1. The second kappa shape index (κ2) is 10.5. The Balaban J connectivity index is 1.83. The second-order valence-corrected chi connectivity index (χ2v) is 7.84. The molecule has 4 aromatic rings. The van der Waals surface area contributed by atoms with Crippen LogP contribution in [0.3, 0.4) is 0 Å². The number of nitrogens with one attached hydrogen (secondary N) is 1. The zero-order valence-electron chi connectivity index (χ0n) is 19.3. The number of hydrogen-bond donors (Lipinski definition) is 1. The standard InChI is InChI=1S/C27H27FN2O4/c1-3-33-25(31)16-29-15-23-22-14-20(28)12-13-24(22)30(26(23)27(32)34-4-2)17-19-10-7-9-18-8-5-6-11-21(18)19/h5-14,29H,3-4,15-17H2,1-2H3. The van der Waals surface area contributed by atoms with Crippen molar-refractivity contribution in [1.82, 2.24) is 9.88 Å². The highest BCUT2D eigenvalue weighted by Crippen LogP contribution is 2.30. The van der Waals surface area contributed by atoms with Gasteiger partial charge >= 0.3 is 11.9 Å². The summed E-state index contributed by atoms with van der Waals surface area (Å²) >= 11 is 0. The number of carbonyl (C=O) groups is 2. The third-order valence-corrected chi connectivity index (χ3v) is 5.68. The molecule has 7 heteroatoms. The topological polar surface area (TPSA) is 69.6 Å². The maximum atomic E-state index is 14.3. The highest BCUT2D eigenvalue weighted by molar-refractivity contribution is 5.99. The summed E-state index contributed by atoms with van der Waals surface area (Å²) in [6.45, 7) is 4.52. The number of esters is 2. The van der Waals surface area contributed by atoms with Gasteiger partial charge in [-0.2, -0.15) is 0 Å². The van der Waals surface area contributed by atoms with Crippen molar-refractivity contribution in [2.45, 2.75) is 26.9 Å². The average Bonchev–Trinajstić information content (AvgIpc) is 3.12. The predicted octanol–water partition coefficient (Wildman–Crippen LogP) is 4.81. The monoisotopic (exact) mass is 462 g/mol. The Morgan fingerprint density at radius 1 is 0.941 bits per heavy atom. The van der Waals surface area contributed by atoms with Gasteiger partial charge in [-0.25, -0.2) is 9.18 Å². The minimum atomic E-state index is -0.493. The van der Waals surface area contributed by atoms with Gasteiger partial charge in [0.15, 0.2) is 0 Å². The summed E-state index contributed by atoms with van der Waals surface area (Å²) in [5.41, 5.74) is 2.66. The summed E-state index contributed by atoms with van der Waals surface area (Å²) in [6.07, 6.45) is 0. The molecule has 0 bridgehead atoms. The fraction of sp³-hybridized carbons (Fsp3) is 0.259. The second-order valence-electron chi connectivity index (χ2n) is 7.84. The van der Waals surface area contributed by atoms with Crippen LogP contribution in [0.25, 0.3) is 21.7 Å². The van der Waals surface area contributed by atoms with E-state index in [0.717, 1.165) is 16.3 Å². The molecule has 176 valence electrons. The van der Waals surface area contributed by atoms with Crippen LogP contribution in [0, 0.1) is 5.82 Å². The summed E-state index contributed by atoms with van der Waals surface area (Å²) in [6, 6.07) is 18.6. The highest BCUT2D eigenvalue weighted by Gasteiger charge is 2.25. The van der Waals surface area contributed by atoms with Gasteiger partial charge in [0.05, 0.1) is 19.8 Å². The lowest BCUT2D eigenvalue weighted by molar-refractivity contribution is -0.142. The maximum Gasteiger partial charge on any atom is 0.355 e. The molecule has 0 unspecified atom stereocenters. The number of carbonyl (C=O) groups excluding carboxylic acids is 2. The molecule has 1 heterocycles. The Bertz CT molecular complexity index is 1340. The smallest absolute Gasteiger partial charge is 0.355 e. The summed E-state index contributed by atoms with van der Waals surface area (Å²) in [4.78, 5) is 24.9. The van der Waals surface area contributed by atoms with Gasteiger partial charge in [-0.1, -0.05) is 42.5 Å². The first-order valence-electron chi connectivity index (χ1n) is 11.3. The van der Waals surface area contributed by atoms with Crippen molar-refractivity contribution in [3.8, 4) is 0 Å². The van der Waals surface area contributed by atoms with Gasteiger partial charge in [-0.15, -0.1) is 0 Å². The van der Waals surface area contributed by atoms with Crippen molar-refractivity contribution in [2.24, 2.45) is 0 Å². The number of nitrogens with zero attached hydrogens (tertiary/aromatic N) is 1. The van der Waals surface area contributed by atoms with Crippen LogP contribution in [0.1, 0.15) is 35.5 Å². The summed E-state index contributed by atoms with van der Waals surface area (Å²) in [7, 11) is 0. The lowest BCUT2D eigenvalue weighted by Gasteiger charge is -2.14. The predicted molar refractivity (Wildman–Crippen MR) is 129 cm³/mol. The molecule has 6 nitrogen and oxygen atoms in total. The average molecular weight is 463 g/mol. The fourth-order valence-corrected chi connectivity index (χ4v) is 4.27. The van der Waals surface area contributed by atoms with E-state index in [0.29, 0.717) is 28.7 Å². The number of aromatic nitrogens is 1. The van der Waals surface area contributed by atoms with Crippen LogP contribution in [0.5, 0.6) is 0 Å². The third-order valence-electron chi connectivity index (χ3n) is 5.68. The van der Waals surface area contributed by atoms with Gasteiger partial charge in [-0.3, -0.25) is 4.79 Å². The normalized spacial score (nSPS) is 11.1. The molecule has 0 aliphatic carbocycles. The van der Waals surface area contributed by atoms with Crippen LogP contribution in [0.4, 0.5) is 4.39 Å². The van der Waals surface area contributed by atoms with E-state index in [1.807, 2.05) is 47.0 Å². The molecule has 0 saturated carbocycles. The molecule has 0 radical (unpaired) electrons. The molecule has 1 aromatic heterocycles. The summed E-state index contributed by atoms with van der Waals surface area (Å²) in [5.74, 6) is -1.30. The van der Waals surface area contributed by atoms with Crippen LogP contribution in [0.15, 0.2) is 60.7 Å². The van der Waals surface area contributed by atoms with E-state index in [9.17, 15) is 14.0 Å². The van der Waals surface area contributed by atoms with Crippen molar-refractivity contribution in [1.29, 1.82) is 0 Å². The Kier molecular flexibility index (Phi) is 7.23. The molecule has 0 aliphatic rings. The molecule has 34 heavy (non-hydrogen) atoms. The van der Waals surface area contributed by atoms with Crippen LogP contribution in [-0.2, 0) is 27.4 Å². The summed E-state index contributed by atoms with van der Waals surface area (Å²) in [5, 5.41) is 5.79. The van der Waals surface area contributed by atoms with E-state index >= 15 is 0 Å². The Hall–Kier alpha value is -3.71. The molecule has 0 atom stereocenters. The Morgan fingerprint density at radius 3 is 2.50 bits per heavy atom. The Morgan fingerprint density at radius 2 is 1.71 bits per heavy atom. The minimum absolute atomic E-state index is 0.0264. The minimum Gasteiger partial charge on any atom is -0.465 e. The fourth-order valence-electron chi connectivity index (χ4n) is 4.27. The van der Waals surface area contributed by atoms with Crippen molar-refractivity contribution < 1.29 is 23.5 Å². The molecule has 3 aromatic carbocycles. The quantitative estimate of drug-likeness (QED) is 0.362. The highest BCUT2D eigenvalue weighted by atomic mass is 19.1. The van der Waals surface area contributed by atoms with Crippen molar-refractivity contribution in [3.05, 3.63) is 83.3 Å². The van der Waals surface area contributed by atoms with E-state index in [1.54, 1.807) is 19.9 Å². The maximum absolute atomic E-state index is 14.3. The lowest BCUT2D eigenvalue weighted by atomic mass is 10.0. The zero-order valence-corrected chi connectivity index (χ0v) is 19.3. The lowest BCUT2D eigenvalue weighted by Crippen LogP contribution is -2.25. The molecular formula is C27H27FN2O4. The van der Waals surface area contributed by atoms with Crippen LogP contribution >= 0.6 is 0 Å². The first-order valence-corrected chi connectivity index (χ1v) is 11.3. The molecule has 0 aliphatic heterocycles. The van der Waals surface area contributed by atoms with Gasteiger partial charge in [0.2, 0.25) is 0 Å². The SMILES string of the molecule is CCOC(=O)CNCc1c(C(=O)OCC)n(Cc2cccc3ccccc23)c2ccc(F)cc12. The number of rotatable bonds is 9. The molecule has 1 N–H and O–H groups in total. The van der Waals surface area contributed by atoms with Gasteiger partial charge in [0.1, 0.15) is 11.5 Å². The number of hydrogen-bond acceptors (Lipinski definition) is 5. The van der Waals surface area contributed by atoms with Crippen molar-refractivity contribution in [2.75, 3.05) is 19.8 Å². The van der Waals surface area contributed by atoms with Crippen LogP contribution in [0.2, 0.25) is 0 Å². The third kappa shape index (κ3) is 4.79.